The fraction of sp³-hybridized carbons (Fsp3) is 0. The molecule has 2 aromatic carbocycles. The van der Waals surface area contributed by atoms with E-state index >= 15 is 0 Å². The summed E-state index contributed by atoms with van der Waals surface area (Å²) in [4.78, 5) is 2.50. The average molecular weight is 246 g/mol. The van der Waals surface area contributed by atoms with Gasteiger partial charge in [0, 0.05) is 21.2 Å². The molecule has 0 unspecified atom stereocenters. The summed E-state index contributed by atoms with van der Waals surface area (Å²) in [7, 11) is 3.53. The summed E-state index contributed by atoms with van der Waals surface area (Å²) in [6.07, 6.45) is 0. The standard InChI is InChI=1S/C12H10N2S2/c13-7-1-3-11-9(5-7)10-6-8(14)2-4-12(10)16-15-11/h1-6H,13-14H2. The Labute approximate surface area is 102 Å². The van der Waals surface area contributed by atoms with Crippen LogP contribution in [0.1, 0.15) is 0 Å². The van der Waals surface area contributed by atoms with E-state index in [1.54, 1.807) is 21.6 Å². The summed E-state index contributed by atoms with van der Waals surface area (Å²) < 4.78 is 0. The van der Waals surface area contributed by atoms with Crippen molar-refractivity contribution in [3.05, 3.63) is 36.4 Å². The van der Waals surface area contributed by atoms with Crippen LogP contribution in [0.2, 0.25) is 0 Å². The van der Waals surface area contributed by atoms with E-state index in [0.29, 0.717) is 0 Å². The maximum absolute atomic E-state index is 5.83. The molecule has 0 saturated carbocycles. The maximum atomic E-state index is 5.83. The lowest BCUT2D eigenvalue weighted by Gasteiger charge is -2.18. The van der Waals surface area contributed by atoms with Gasteiger partial charge in [-0.25, -0.2) is 0 Å². The summed E-state index contributed by atoms with van der Waals surface area (Å²) in [5, 5.41) is 0. The number of hydrogen-bond acceptors (Lipinski definition) is 4. The van der Waals surface area contributed by atoms with E-state index in [9.17, 15) is 0 Å². The Kier molecular flexibility index (Phi) is 2.26. The van der Waals surface area contributed by atoms with Crippen LogP contribution in [0.15, 0.2) is 46.2 Å². The molecule has 16 heavy (non-hydrogen) atoms. The normalized spacial score (nSPS) is 13.0. The van der Waals surface area contributed by atoms with Crippen LogP contribution in [-0.4, -0.2) is 0 Å². The number of nitrogens with two attached hydrogens (primary N) is 2. The topological polar surface area (TPSA) is 52.0 Å². The highest BCUT2D eigenvalue weighted by Crippen LogP contribution is 2.51. The molecule has 0 amide bonds. The SMILES string of the molecule is Nc1ccc2c(c1)-c1cc(N)ccc1SS2. The molecule has 0 atom stereocenters. The number of fused-ring (bicyclic) bond motifs is 3. The van der Waals surface area contributed by atoms with Crippen molar-refractivity contribution in [2.24, 2.45) is 0 Å². The molecule has 0 bridgehead atoms. The van der Waals surface area contributed by atoms with Crippen molar-refractivity contribution in [3.8, 4) is 11.1 Å². The summed E-state index contributed by atoms with van der Waals surface area (Å²) in [6.45, 7) is 0. The molecule has 2 aromatic rings. The van der Waals surface area contributed by atoms with Gasteiger partial charge in [-0.3, -0.25) is 0 Å². The number of rotatable bonds is 0. The largest absolute Gasteiger partial charge is 0.399 e. The molecule has 1 aliphatic rings. The van der Waals surface area contributed by atoms with E-state index in [-0.39, 0.29) is 0 Å². The van der Waals surface area contributed by atoms with Crippen molar-refractivity contribution in [1.29, 1.82) is 0 Å². The number of benzene rings is 2. The van der Waals surface area contributed by atoms with E-state index in [0.717, 1.165) is 11.4 Å². The Bertz CT molecular complexity index is 515. The minimum atomic E-state index is 0.791. The van der Waals surface area contributed by atoms with Crippen molar-refractivity contribution < 1.29 is 0 Å². The van der Waals surface area contributed by atoms with Crippen LogP contribution in [-0.2, 0) is 0 Å². The molecular formula is C12H10N2S2. The zero-order chi connectivity index (χ0) is 11.1. The molecule has 4 N–H and O–H groups in total. The molecule has 0 aliphatic carbocycles. The lowest BCUT2D eigenvalue weighted by molar-refractivity contribution is 1.38. The van der Waals surface area contributed by atoms with Gasteiger partial charge in [0.2, 0.25) is 0 Å². The Morgan fingerprint density at radius 1 is 0.688 bits per heavy atom. The van der Waals surface area contributed by atoms with Crippen molar-refractivity contribution in [2.45, 2.75) is 9.79 Å². The zero-order valence-electron chi connectivity index (χ0n) is 8.44. The first kappa shape index (κ1) is 9.93. The zero-order valence-corrected chi connectivity index (χ0v) is 10.1. The van der Waals surface area contributed by atoms with Crippen LogP contribution in [0.3, 0.4) is 0 Å². The first-order chi connectivity index (χ1) is 7.74. The van der Waals surface area contributed by atoms with Crippen LogP contribution in [0, 0.1) is 0 Å². The highest BCUT2D eigenvalue weighted by atomic mass is 33.1. The van der Waals surface area contributed by atoms with Gasteiger partial charge in [0.05, 0.1) is 0 Å². The lowest BCUT2D eigenvalue weighted by atomic mass is 10.0. The fourth-order valence-corrected chi connectivity index (χ4v) is 4.11. The molecule has 4 heteroatoms. The maximum Gasteiger partial charge on any atom is 0.0321 e. The monoisotopic (exact) mass is 246 g/mol. The third-order valence-corrected chi connectivity index (χ3v) is 5.00. The predicted molar refractivity (Wildman–Crippen MR) is 72.4 cm³/mol. The number of hydrogen-bond donors (Lipinski definition) is 2. The van der Waals surface area contributed by atoms with Gasteiger partial charge in [-0.15, -0.1) is 0 Å². The molecule has 0 fully saturated rings. The summed E-state index contributed by atoms with van der Waals surface area (Å²) in [6, 6.07) is 12.0. The average Bonchev–Trinajstić information content (AvgIpc) is 2.29. The Hall–Kier alpha value is -1.26. The molecule has 0 aromatic heterocycles. The van der Waals surface area contributed by atoms with Crippen LogP contribution in [0.5, 0.6) is 0 Å². The molecular weight excluding hydrogens is 236 g/mol. The highest BCUT2D eigenvalue weighted by Gasteiger charge is 2.17. The predicted octanol–water partition coefficient (Wildman–Crippen LogP) is 3.63. The van der Waals surface area contributed by atoms with Gasteiger partial charge in [-0.1, -0.05) is 21.6 Å². The van der Waals surface area contributed by atoms with Gasteiger partial charge in [-0.05, 0) is 47.5 Å². The van der Waals surface area contributed by atoms with Crippen LogP contribution >= 0.6 is 21.6 Å². The number of anilines is 2. The lowest BCUT2D eigenvalue weighted by Crippen LogP contribution is -1.94. The van der Waals surface area contributed by atoms with E-state index in [4.69, 9.17) is 11.5 Å². The van der Waals surface area contributed by atoms with Gasteiger partial charge >= 0.3 is 0 Å². The molecule has 3 rings (SSSR count). The highest BCUT2D eigenvalue weighted by molar-refractivity contribution is 8.76. The molecule has 1 heterocycles. The van der Waals surface area contributed by atoms with Crippen LogP contribution < -0.4 is 11.5 Å². The Morgan fingerprint density at radius 3 is 1.56 bits per heavy atom. The first-order valence-electron chi connectivity index (χ1n) is 4.88. The van der Waals surface area contributed by atoms with E-state index in [1.165, 1.54) is 20.9 Å². The van der Waals surface area contributed by atoms with Crippen molar-refractivity contribution in [2.75, 3.05) is 11.5 Å². The fourth-order valence-electron chi connectivity index (χ4n) is 1.75. The second kappa shape index (κ2) is 3.64. The first-order valence-corrected chi connectivity index (χ1v) is 7.03. The molecule has 0 radical (unpaired) electrons. The van der Waals surface area contributed by atoms with Crippen molar-refractivity contribution in [1.82, 2.24) is 0 Å². The van der Waals surface area contributed by atoms with Gasteiger partial charge in [0.25, 0.3) is 0 Å². The van der Waals surface area contributed by atoms with Gasteiger partial charge in [0.15, 0.2) is 0 Å². The molecule has 1 aliphatic heterocycles. The van der Waals surface area contributed by atoms with E-state index < -0.39 is 0 Å². The molecule has 0 spiro atoms. The van der Waals surface area contributed by atoms with E-state index in [1.807, 2.05) is 24.3 Å². The van der Waals surface area contributed by atoms with Crippen LogP contribution in [0.25, 0.3) is 11.1 Å². The minimum absolute atomic E-state index is 0.791. The third-order valence-electron chi connectivity index (χ3n) is 2.52. The number of nitrogen functional groups attached to an aromatic ring is 2. The van der Waals surface area contributed by atoms with Gasteiger partial charge < -0.3 is 11.5 Å². The molecule has 2 nitrogen and oxygen atoms in total. The summed E-state index contributed by atoms with van der Waals surface area (Å²) >= 11 is 0. The second-order valence-electron chi connectivity index (χ2n) is 3.68. The summed E-state index contributed by atoms with van der Waals surface area (Å²) in [5.74, 6) is 0. The third kappa shape index (κ3) is 1.54. The van der Waals surface area contributed by atoms with Crippen molar-refractivity contribution in [3.63, 3.8) is 0 Å². The molecule has 0 saturated heterocycles. The second-order valence-corrected chi connectivity index (χ2v) is 5.89. The van der Waals surface area contributed by atoms with Gasteiger partial charge in [0.1, 0.15) is 0 Å². The summed E-state index contributed by atoms with van der Waals surface area (Å²) in [5.41, 5.74) is 15.6. The Morgan fingerprint density at radius 2 is 1.12 bits per heavy atom. The van der Waals surface area contributed by atoms with Crippen LogP contribution in [0.4, 0.5) is 11.4 Å². The smallest absolute Gasteiger partial charge is 0.0321 e. The Balaban J connectivity index is 2.28. The molecule has 80 valence electrons. The minimum Gasteiger partial charge on any atom is -0.399 e. The van der Waals surface area contributed by atoms with Gasteiger partial charge in [-0.2, -0.15) is 0 Å². The van der Waals surface area contributed by atoms with Crippen molar-refractivity contribution >= 4 is 33.0 Å². The quantitative estimate of drug-likeness (QED) is 0.550. The van der Waals surface area contributed by atoms with E-state index in [2.05, 4.69) is 12.1 Å².